The first-order valence-electron chi connectivity index (χ1n) is 4.67. The van der Waals surface area contributed by atoms with Gasteiger partial charge in [-0.15, -0.1) is 0 Å². The van der Waals surface area contributed by atoms with E-state index in [4.69, 9.17) is 4.74 Å². The molecule has 72 valence electrons. The van der Waals surface area contributed by atoms with Crippen molar-refractivity contribution in [3.8, 4) is 0 Å². The van der Waals surface area contributed by atoms with Crippen molar-refractivity contribution in [3.63, 3.8) is 0 Å². The molecule has 0 aromatic heterocycles. The van der Waals surface area contributed by atoms with E-state index >= 15 is 0 Å². The van der Waals surface area contributed by atoms with E-state index in [1.807, 2.05) is 0 Å². The Bertz CT molecular complexity index is 149. The average molecular weight is 188 g/mol. The van der Waals surface area contributed by atoms with E-state index in [9.17, 15) is 0 Å². The minimum atomic E-state index is 0.185. The highest BCUT2D eigenvalue weighted by Gasteiger charge is 2.51. The Labute approximate surface area is 77.6 Å². The summed E-state index contributed by atoms with van der Waals surface area (Å²) < 4.78 is 5.15. The lowest BCUT2D eigenvalue weighted by Crippen LogP contribution is -2.47. The molecule has 0 radical (unpaired) electrons. The fourth-order valence-electron chi connectivity index (χ4n) is 2.77. The van der Waals surface area contributed by atoms with Gasteiger partial charge < -0.3 is 4.74 Å². The van der Waals surface area contributed by atoms with Crippen LogP contribution in [-0.2, 0) is 4.74 Å². The maximum atomic E-state index is 5.15. The van der Waals surface area contributed by atoms with E-state index in [1.54, 1.807) is 7.11 Å². The second-order valence-corrected chi connectivity index (χ2v) is 8.67. The van der Waals surface area contributed by atoms with Gasteiger partial charge in [0.05, 0.1) is 6.61 Å². The van der Waals surface area contributed by atoms with Gasteiger partial charge in [0.1, 0.15) is 0 Å². The van der Waals surface area contributed by atoms with Crippen LogP contribution in [0.2, 0.25) is 0 Å². The number of ether oxygens (including phenoxy) is 1. The molecule has 1 rings (SSSR count). The summed E-state index contributed by atoms with van der Waals surface area (Å²) in [6.45, 7) is 10.6. The molecule has 0 aromatic rings. The fraction of sp³-hybridized carbons (Fsp3) is 1.00. The van der Waals surface area contributed by atoms with Crippen molar-refractivity contribution >= 4 is 7.92 Å². The molecule has 0 bridgehead atoms. The largest absolute Gasteiger partial charge is 0.384 e. The average Bonchev–Trinajstić information content (AvgIpc) is 1.84. The number of methoxy groups -OCH3 is 1. The topological polar surface area (TPSA) is 9.23 Å². The molecule has 0 atom stereocenters. The van der Waals surface area contributed by atoms with E-state index in [-0.39, 0.29) is 7.92 Å². The predicted octanol–water partition coefficient (Wildman–Crippen LogP) is 3.08. The van der Waals surface area contributed by atoms with E-state index in [1.165, 1.54) is 12.6 Å². The molecule has 0 aliphatic carbocycles. The zero-order chi connectivity index (χ0) is 9.41. The normalized spacial score (nSPS) is 26.8. The fourth-order valence-corrected chi connectivity index (χ4v) is 6.88. The summed E-state index contributed by atoms with van der Waals surface area (Å²) in [5.41, 5.74) is 0. The third kappa shape index (κ3) is 1.83. The van der Waals surface area contributed by atoms with Crippen molar-refractivity contribution < 1.29 is 4.74 Å². The Morgan fingerprint density at radius 2 is 1.67 bits per heavy atom. The van der Waals surface area contributed by atoms with Crippen LogP contribution in [0.5, 0.6) is 0 Å². The summed E-state index contributed by atoms with van der Waals surface area (Å²) >= 11 is 0. The lowest BCUT2D eigenvalue weighted by molar-refractivity contribution is 0.216. The van der Waals surface area contributed by atoms with E-state index in [0.29, 0.717) is 10.3 Å². The minimum absolute atomic E-state index is 0.185. The highest BCUT2D eigenvalue weighted by molar-refractivity contribution is 7.62. The summed E-state index contributed by atoms with van der Waals surface area (Å²) in [5, 5.41) is 1.22. The van der Waals surface area contributed by atoms with Crippen LogP contribution in [0.25, 0.3) is 0 Å². The van der Waals surface area contributed by atoms with Gasteiger partial charge in [0.25, 0.3) is 0 Å². The molecule has 1 heterocycles. The molecular formula is C10H21OP. The Kier molecular flexibility index (Phi) is 2.85. The minimum Gasteiger partial charge on any atom is -0.384 e. The zero-order valence-corrected chi connectivity index (χ0v) is 9.87. The third-order valence-corrected chi connectivity index (χ3v) is 6.71. The molecule has 0 amide bonds. The predicted molar refractivity (Wildman–Crippen MR) is 56.4 cm³/mol. The second kappa shape index (κ2) is 3.27. The monoisotopic (exact) mass is 188 g/mol. The summed E-state index contributed by atoms with van der Waals surface area (Å²) in [6.07, 6.45) is 2.67. The third-order valence-electron chi connectivity index (χ3n) is 2.85. The molecule has 1 fully saturated rings. The van der Waals surface area contributed by atoms with Gasteiger partial charge in [-0.05, 0) is 22.9 Å². The Balaban J connectivity index is 2.48. The highest BCUT2D eigenvalue weighted by atomic mass is 31.1. The lowest BCUT2D eigenvalue weighted by Gasteiger charge is -2.58. The van der Waals surface area contributed by atoms with Gasteiger partial charge in [-0.3, -0.25) is 0 Å². The molecule has 12 heavy (non-hydrogen) atoms. The van der Waals surface area contributed by atoms with Crippen molar-refractivity contribution in [1.82, 2.24) is 0 Å². The summed E-state index contributed by atoms with van der Waals surface area (Å²) in [4.78, 5) is 0. The highest BCUT2D eigenvalue weighted by Crippen LogP contribution is 2.72. The number of rotatable bonds is 3. The zero-order valence-electron chi connectivity index (χ0n) is 8.98. The van der Waals surface area contributed by atoms with E-state index in [2.05, 4.69) is 27.7 Å². The smallest absolute Gasteiger partial charge is 0.0501 e. The Morgan fingerprint density at radius 1 is 1.17 bits per heavy atom. The van der Waals surface area contributed by atoms with Crippen LogP contribution in [0, 0.1) is 0 Å². The van der Waals surface area contributed by atoms with Gasteiger partial charge in [0.15, 0.2) is 0 Å². The first-order valence-corrected chi connectivity index (χ1v) is 6.19. The molecule has 1 saturated heterocycles. The van der Waals surface area contributed by atoms with Gasteiger partial charge in [0, 0.05) is 7.11 Å². The Morgan fingerprint density at radius 3 is 2.00 bits per heavy atom. The van der Waals surface area contributed by atoms with Gasteiger partial charge in [-0.2, -0.15) is 0 Å². The first-order chi connectivity index (χ1) is 5.40. The van der Waals surface area contributed by atoms with Crippen molar-refractivity contribution in [2.24, 2.45) is 0 Å². The van der Waals surface area contributed by atoms with Crippen LogP contribution in [0.1, 0.15) is 34.1 Å². The van der Waals surface area contributed by atoms with Crippen molar-refractivity contribution in [3.05, 3.63) is 0 Å². The second-order valence-electron chi connectivity index (χ2n) is 4.95. The molecule has 2 heteroatoms. The first kappa shape index (κ1) is 10.5. The van der Waals surface area contributed by atoms with Crippen LogP contribution < -0.4 is 0 Å². The van der Waals surface area contributed by atoms with Gasteiger partial charge >= 0.3 is 0 Å². The van der Waals surface area contributed by atoms with Gasteiger partial charge in [0.2, 0.25) is 0 Å². The molecule has 1 aliphatic rings. The van der Waals surface area contributed by atoms with Crippen LogP contribution in [-0.4, -0.2) is 30.2 Å². The van der Waals surface area contributed by atoms with Crippen LogP contribution in [0.3, 0.4) is 0 Å². The molecule has 0 aromatic carbocycles. The molecule has 0 unspecified atom stereocenters. The number of hydrogen-bond donors (Lipinski definition) is 0. The van der Waals surface area contributed by atoms with Gasteiger partial charge in [-0.1, -0.05) is 35.6 Å². The Hall–Kier alpha value is 0.390. The summed E-state index contributed by atoms with van der Waals surface area (Å²) in [5.74, 6) is 0. The van der Waals surface area contributed by atoms with Crippen molar-refractivity contribution in [2.45, 2.75) is 44.4 Å². The molecule has 0 N–H and O–H groups in total. The summed E-state index contributed by atoms with van der Waals surface area (Å²) in [7, 11) is 1.99. The quantitative estimate of drug-likeness (QED) is 0.618. The lowest BCUT2D eigenvalue weighted by atomic mass is 9.96. The number of hydrogen-bond acceptors (Lipinski definition) is 1. The van der Waals surface area contributed by atoms with Gasteiger partial charge in [-0.25, -0.2) is 0 Å². The van der Waals surface area contributed by atoms with Crippen LogP contribution >= 0.6 is 7.92 Å². The molecule has 1 aliphatic heterocycles. The molecule has 1 nitrogen and oxygen atoms in total. The molecular weight excluding hydrogens is 167 g/mol. The molecule has 0 saturated carbocycles. The SMILES string of the molecule is COCCP1C(C)(C)CC1(C)C. The van der Waals surface area contributed by atoms with Crippen LogP contribution in [0.15, 0.2) is 0 Å². The standard InChI is InChI=1S/C10H21OP/c1-9(2)8-10(3,4)12(9)7-6-11-5/h6-8H2,1-5H3. The van der Waals surface area contributed by atoms with E-state index in [0.717, 1.165) is 6.61 Å². The maximum absolute atomic E-state index is 5.15. The summed E-state index contributed by atoms with van der Waals surface area (Å²) in [6, 6.07) is 0. The maximum Gasteiger partial charge on any atom is 0.0501 e. The molecule has 0 spiro atoms. The van der Waals surface area contributed by atoms with E-state index < -0.39 is 0 Å². The van der Waals surface area contributed by atoms with Crippen molar-refractivity contribution in [1.29, 1.82) is 0 Å². The van der Waals surface area contributed by atoms with Crippen LogP contribution in [0.4, 0.5) is 0 Å². The van der Waals surface area contributed by atoms with Crippen molar-refractivity contribution in [2.75, 3.05) is 19.9 Å².